The van der Waals surface area contributed by atoms with Crippen LogP contribution < -0.4 is 5.46 Å². The third-order valence-corrected chi connectivity index (χ3v) is 3.22. The summed E-state index contributed by atoms with van der Waals surface area (Å²) < 4.78 is 0. The Balaban J connectivity index is 2.27. The van der Waals surface area contributed by atoms with Crippen LogP contribution in [-0.2, 0) is 6.42 Å². The maximum absolute atomic E-state index is 2.30. The van der Waals surface area contributed by atoms with Crippen molar-refractivity contribution < 1.29 is 0 Å². The van der Waals surface area contributed by atoms with Crippen LogP contribution >= 0.6 is 0 Å². The molecule has 1 aromatic rings. The Bertz CT molecular complexity index is 274. The van der Waals surface area contributed by atoms with Gasteiger partial charge >= 0.3 is 0 Å². The molecule has 0 bridgehead atoms. The highest BCUT2D eigenvalue weighted by Gasteiger charge is 2.01. The van der Waals surface area contributed by atoms with Crippen LogP contribution in [0.1, 0.15) is 44.6 Å². The van der Waals surface area contributed by atoms with Crippen LogP contribution in [0.5, 0.6) is 0 Å². The minimum Gasteiger partial charge on any atom is -0.0819 e. The van der Waals surface area contributed by atoms with Crippen LogP contribution in [-0.4, -0.2) is 6.71 Å². The van der Waals surface area contributed by atoms with Crippen molar-refractivity contribution in [2.75, 3.05) is 0 Å². The van der Waals surface area contributed by atoms with Crippen LogP contribution in [0.4, 0.5) is 0 Å². The monoisotopic (exact) mass is 216 g/mol. The lowest BCUT2D eigenvalue weighted by Crippen LogP contribution is -2.21. The molecule has 0 saturated carbocycles. The first-order chi connectivity index (χ1) is 7.74. The molecule has 0 aliphatic rings. The van der Waals surface area contributed by atoms with Gasteiger partial charge in [-0.25, -0.2) is 0 Å². The highest BCUT2D eigenvalue weighted by atomic mass is 14.0. The number of benzene rings is 1. The zero-order valence-corrected chi connectivity index (χ0v) is 11.1. The highest BCUT2D eigenvalue weighted by molar-refractivity contribution is 6.70. The van der Waals surface area contributed by atoms with Gasteiger partial charge in [-0.3, -0.25) is 0 Å². The SMILES string of the molecule is CCCCCCCc1ccc(B(C)C)cc1. The van der Waals surface area contributed by atoms with Crippen molar-refractivity contribution in [1.29, 1.82) is 0 Å². The first-order valence-corrected chi connectivity index (χ1v) is 6.83. The maximum Gasteiger partial charge on any atom is 0.169 e. The van der Waals surface area contributed by atoms with Crippen molar-refractivity contribution >= 4 is 12.2 Å². The van der Waals surface area contributed by atoms with E-state index in [-0.39, 0.29) is 0 Å². The van der Waals surface area contributed by atoms with E-state index >= 15 is 0 Å². The number of rotatable bonds is 7. The molecule has 0 amide bonds. The molecule has 1 heteroatoms. The summed E-state index contributed by atoms with van der Waals surface area (Å²) in [5.74, 6) is 0. The number of hydrogen-bond acceptors (Lipinski definition) is 0. The summed E-state index contributed by atoms with van der Waals surface area (Å²) in [6, 6.07) is 9.17. The lowest BCUT2D eigenvalue weighted by atomic mass is 9.49. The Kier molecular flexibility index (Phi) is 6.29. The van der Waals surface area contributed by atoms with E-state index in [2.05, 4.69) is 44.8 Å². The standard InChI is InChI=1S/C15H25B/c1-4-5-6-7-8-9-14-10-12-15(13-11-14)16(2)3/h10-13H,4-9H2,1-3H3. The van der Waals surface area contributed by atoms with Crippen LogP contribution in [0, 0.1) is 0 Å². The molecular formula is C15H25B. The van der Waals surface area contributed by atoms with Crippen molar-refractivity contribution in [3.05, 3.63) is 29.8 Å². The molecule has 0 saturated heterocycles. The lowest BCUT2D eigenvalue weighted by Gasteiger charge is -2.05. The average molecular weight is 216 g/mol. The van der Waals surface area contributed by atoms with E-state index in [1.54, 1.807) is 0 Å². The molecule has 88 valence electrons. The minimum atomic E-state index is 0.651. The molecule has 0 unspecified atom stereocenters. The van der Waals surface area contributed by atoms with Crippen molar-refractivity contribution in [3.8, 4) is 0 Å². The molecule has 0 nitrogen and oxygen atoms in total. The van der Waals surface area contributed by atoms with Gasteiger partial charge in [0.1, 0.15) is 0 Å². The fourth-order valence-electron chi connectivity index (χ4n) is 2.00. The number of aryl methyl sites for hydroxylation is 1. The second-order valence-electron chi connectivity index (χ2n) is 5.06. The molecule has 0 aliphatic carbocycles. The number of unbranched alkanes of at least 4 members (excludes halogenated alkanes) is 4. The molecule has 0 spiro atoms. The molecule has 0 aliphatic heterocycles. The predicted octanol–water partition coefficient (Wildman–Crippen LogP) is 4.16. The summed E-state index contributed by atoms with van der Waals surface area (Å²) >= 11 is 0. The van der Waals surface area contributed by atoms with Gasteiger partial charge in [-0.15, -0.1) is 0 Å². The number of hydrogen-bond donors (Lipinski definition) is 0. The molecule has 0 fully saturated rings. The minimum absolute atomic E-state index is 0.651. The first kappa shape index (κ1) is 13.4. The Morgan fingerprint density at radius 3 is 2.06 bits per heavy atom. The second kappa shape index (κ2) is 7.54. The Labute approximate surface area is 102 Å². The van der Waals surface area contributed by atoms with Crippen LogP contribution in [0.3, 0.4) is 0 Å². The fraction of sp³-hybridized carbons (Fsp3) is 0.600. The average Bonchev–Trinajstić information content (AvgIpc) is 2.29. The van der Waals surface area contributed by atoms with Crippen LogP contribution in [0.2, 0.25) is 13.6 Å². The van der Waals surface area contributed by atoms with E-state index in [0.29, 0.717) is 6.71 Å². The zero-order valence-electron chi connectivity index (χ0n) is 11.1. The van der Waals surface area contributed by atoms with E-state index in [0.717, 1.165) is 0 Å². The van der Waals surface area contributed by atoms with E-state index in [9.17, 15) is 0 Å². The Morgan fingerprint density at radius 2 is 1.50 bits per heavy atom. The van der Waals surface area contributed by atoms with Crippen molar-refractivity contribution in [1.82, 2.24) is 0 Å². The van der Waals surface area contributed by atoms with Gasteiger partial charge < -0.3 is 0 Å². The quantitative estimate of drug-likeness (QED) is 0.474. The summed E-state index contributed by atoms with van der Waals surface area (Å²) in [4.78, 5) is 0. The summed E-state index contributed by atoms with van der Waals surface area (Å²) in [5.41, 5.74) is 2.95. The molecule has 1 aromatic carbocycles. The van der Waals surface area contributed by atoms with Crippen molar-refractivity contribution in [2.45, 2.75) is 59.1 Å². The first-order valence-electron chi connectivity index (χ1n) is 6.83. The summed E-state index contributed by atoms with van der Waals surface area (Å²) in [7, 11) is 0. The van der Waals surface area contributed by atoms with Gasteiger partial charge in [0.15, 0.2) is 6.71 Å². The van der Waals surface area contributed by atoms with Gasteiger partial charge in [-0.1, -0.05) is 76.0 Å². The lowest BCUT2D eigenvalue weighted by molar-refractivity contribution is 0.632. The smallest absolute Gasteiger partial charge is 0.0819 e. The summed E-state index contributed by atoms with van der Waals surface area (Å²) in [6.07, 6.45) is 8.12. The van der Waals surface area contributed by atoms with Crippen LogP contribution in [0.15, 0.2) is 24.3 Å². The molecular weight excluding hydrogens is 191 g/mol. The second-order valence-corrected chi connectivity index (χ2v) is 5.06. The predicted molar refractivity (Wildman–Crippen MR) is 76.0 cm³/mol. The Morgan fingerprint density at radius 1 is 0.875 bits per heavy atom. The van der Waals surface area contributed by atoms with Gasteiger partial charge in [0.25, 0.3) is 0 Å². The third kappa shape index (κ3) is 4.87. The summed E-state index contributed by atoms with van der Waals surface area (Å²) in [5, 5.41) is 0. The van der Waals surface area contributed by atoms with E-state index in [1.165, 1.54) is 49.6 Å². The molecule has 0 aromatic heterocycles. The van der Waals surface area contributed by atoms with Crippen molar-refractivity contribution in [3.63, 3.8) is 0 Å². The van der Waals surface area contributed by atoms with Crippen LogP contribution in [0.25, 0.3) is 0 Å². The van der Waals surface area contributed by atoms with Gasteiger partial charge in [0.2, 0.25) is 0 Å². The molecule has 0 N–H and O–H groups in total. The molecule has 0 radical (unpaired) electrons. The topological polar surface area (TPSA) is 0 Å². The molecule has 16 heavy (non-hydrogen) atoms. The molecule has 0 atom stereocenters. The van der Waals surface area contributed by atoms with Gasteiger partial charge in [-0.05, 0) is 18.4 Å². The van der Waals surface area contributed by atoms with Gasteiger partial charge in [-0.2, -0.15) is 0 Å². The van der Waals surface area contributed by atoms with E-state index in [1.807, 2.05) is 0 Å². The zero-order chi connectivity index (χ0) is 11.8. The normalized spacial score (nSPS) is 10.4. The van der Waals surface area contributed by atoms with Gasteiger partial charge in [0.05, 0.1) is 0 Å². The molecule has 0 heterocycles. The highest BCUT2D eigenvalue weighted by Crippen LogP contribution is 2.08. The third-order valence-electron chi connectivity index (χ3n) is 3.22. The largest absolute Gasteiger partial charge is 0.169 e. The fourth-order valence-corrected chi connectivity index (χ4v) is 2.00. The maximum atomic E-state index is 2.30. The van der Waals surface area contributed by atoms with Crippen molar-refractivity contribution in [2.24, 2.45) is 0 Å². The Hall–Kier alpha value is -0.715. The van der Waals surface area contributed by atoms with E-state index < -0.39 is 0 Å². The van der Waals surface area contributed by atoms with E-state index in [4.69, 9.17) is 0 Å². The van der Waals surface area contributed by atoms with Gasteiger partial charge in [0, 0.05) is 0 Å². The summed E-state index contributed by atoms with van der Waals surface area (Å²) in [6.45, 7) is 7.42. The molecule has 1 rings (SSSR count).